The van der Waals surface area contributed by atoms with Gasteiger partial charge in [0.25, 0.3) is 0 Å². The summed E-state index contributed by atoms with van der Waals surface area (Å²) in [4.78, 5) is 23.1. The summed E-state index contributed by atoms with van der Waals surface area (Å²) in [5, 5.41) is 0. The second kappa shape index (κ2) is 5.43. The largest absolute Gasteiger partial charge is 0.494 e. The van der Waals surface area contributed by atoms with E-state index in [-0.39, 0.29) is 17.3 Å². The summed E-state index contributed by atoms with van der Waals surface area (Å²) in [5.41, 5.74) is 2.30. The molecule has 2 aliphatic carbocycles. The lowest BCUT2D eigenvalue weighted by Gasteiger charge is -2.39. The van der Waals surface area contributed by atoms with Gasteiger partial charge in [0, 0.05) is 19.3 Å². The fourth-order valence-electron chi connectivity index (χ4n) is 3.94. The average molecular weight is 288 g/mol. The first-order valence-corrected chi connectivity index (χ1v) is 8.13. The quantitative estimate of drug-likeness (QED) is 0.788. The maximum atomic E-state index is 12.1. The Hall–Kier alpha value is -1.38. The molecule has 3 nitrogen and oxygen atoms in total. The second-order valence-corrected chi connectivity index (χ2v) is 6.85. The van der Waals surface area contributed by atoms with Gasteiger partial charge in [-0.25, -0.2) is 0 Å². The van der Waals surface area contributed by atoms with Crippen molar-refractivity contribution >= 4 is 11.6 Å². The van der Waals surface area contributed by atoms with E-state index in [1.54, 1.807) is 6.92 Å². The second-order valence-electron chi connectivity index (χ2n) is 6.85. The summed E-state index contributed by atoms with van der Waals surface area (Å²) in [6.45, 7) is 3.74. The molecule has 3 heteroatoms. The standard InChI is InChI=1S/C18H24O3/c1-12(19)4-3-5-13-6-7-14-15-8-9-17(20)18(15,2)11-10-16(14)21-13/h8,13H,3-7,9-11H2,1-2H3/t13-,18-/m0/s1. The number of hydrogen-bond acceptors (Lipinski definition) is 3. The molecule has 0 saturated heterocycles. The minimum atomic E-state index is -0.246. The van der Waals surface area contributed by atoms with Gasteiger partial charge in [-0.1, -0.05) is 6.08 Å². The molecule has 0 aromatic carbocycles. The summed E-state index contributed by atoms with van der Waals surface area (Å²) in [6.07, 6.45) is 9.31. The van der Waals surface area contributed by atoms with Gasteiger partial charge in [-0.15, -0.1) is 0 Å². The maximum absolute atomic E-state index is 12.1. The van der Waals surface area contributed by atoms with Crippen LogP contribution in [0.2, 0.25) is 0 Å². The smallest absolute Gasteiger partial charge is 0.146 e. The maximum Gasteiger partial charge on any atom is 0.146 e. The van der Waals surface area contributed by atoms with Gasteiger partial charge in [0.15, 0.2) is 0 Å². The zero-order valence-electron chi connectivity index (χ0n) is 13.0. The van der Waals surface area contributed by atoms with Crippen LogP contribution in [-0.4, -0.2) is 17.7 Å². The van der Waals surface area contributed by atoms with Gasteiger partial charge in [-0.3, -0.25) is 4.79 Å². The van der Waals surface area contributed by atoms with Crippen LogP contribution in [0.3, 0.4) is 0 Å². The number of rotatable bonds is 4. The molecule has 0 N–H and O–H groups in total. The highest BCUT2D eigenvalue weighted by atomic mass is 16.5. The van der Waals surface area contributed by atoms with E-state index in [0.29, 0.717) is 18.6 Å². The van der Waals surface area contributed by atoms with Gasteiger partial charge >= 0.3 is 0 Å². The molecule has 0 spiro atoms. The highest BCUT2D eigenvalue weighted by Crippen LogP contribution is 2.51. The zero-order valence-corrected chi connectivity index (χ0v) is 13.0. The van der Waals surface area contributed by atoms with Gasteiger partial charge in [0.05, 0.1) is 17.3 Å². The Bertz CT molecular complexity index is 541. The Labute approximate surface area is 126 Å². The first kappa shape index (κ1) is 14.6. The fourth-order valence-corrected chi connectivity index (χ4v) is 3.94. The van der Waals surface area contributed by atoms with Crippen LogP contribution in [0.25, 0.3) is 0 Å². The number of allylic oxidation sites excluding steroid dienone is 4. The van der Waals surface area contributed by atoms with E-state index in [2.05, 4.69) is 13.0 Å². The Balaban J connectivity index is 1.68. The van der Waals surface area contributed by atoms with Gasteiger partial charge in [-0.2, -0.15) is 0 Å². The molecule has 0 bridgehead atoms. The van der Waals surface area contributed by atoms with Crippen molar-refractivity contribution in [2.45, 2.75) is 71.3 Å². The van der Waals surface area contributed by atoms with Crippen LogP contribution in [0.15, 0.2) is 23.0 Å². The first-order chi connectivity index (χ1) is 10.0. The van der Waals surface area contributed by atoms with Crippen molar-refractivity contribution in [2.75, 3.05) is 0 Å². The lowest BCUT2D eigenvalue weighted by molar-refractivity contribution is -0.124. The van der Waals surface area contributed by atoms with E-state index in [0.717, 1.165) is 44.3 Å². The molecule has 3 rings (SSSR count). The molecule has 0 radical (unpaired) electrons. The van der Waals surface area contributed by atoms with E-state index >= 15 is 0 Å². The summed E-state index contributed by atoms with van der Waals surface area (Å²) in [7, 11) is 0. The summed E-state index contributed by atoms with van der Waals surface area (Å²) in [5.74, 6) is 1.74. The normalized spacial score (nSPS) is 31.4. The molecule has 0 saturated carbocycles. The Morgan fingerprint density at radius 2 is 2.24 bits per heavy atom. The first-order valence-electron chi connectivity index (χ1n) is 8.13. The highest BCUT2D eigenvalue weighted by molar-refractivity contribution is 5.93. The van der Waals surface area contributed by atoms with Crippen molar-refractivity contribution in [3.05, 3.63) is 23.0 Å². The summed E-state index contributed by atoms with van der Waals surface area (Å²) < 4.78 is 6.18. The van der Waals surface area contributed by atoms with E-state index in [1.807, 2.05) is 0 Å². The lowest BCUT2D eigenvalue weighted by atomic mass is 9.70. The molecular weight excluding hydrogens is 264 g/mol. The summed E-state index contributed by atoms with van der Waals surface area (Å²) >= 11 is 0. The molecule has 0 amide bonds. The monoisotopic (exact) mass is 288 g/mol. The predicted molar refractivity (Wildman–Crippen MR) is 80.7 cm³/mol. The third-order valence-corrected chi connectivity index (χ3v) is 5.30. The van der Waals surface area contributed by atoms with Crippen LogP contribution < -0.4 is 0 Å². The SMILES string of the molecule is CC(=O)CCC[C@H]1CCC2=C(CC[C@]3(C)C(=O)CC=C23)O1. The molecule has 114 valence electrons. The minimum Gasteiger partial charge on any atom is -0.494 e. The minimum absolute atomic E-state index is 0.246. The van der Waals surface area contributed by atoms with Gasteiger partial charge in [-0.05, 0) is 57.1 Å². The topological polar surface area (TPSA) is 43.4 Å². The predicted octanol–water partition coefficient (Wildman–Crippen LogP) is 3.88. The highest BCUT2D eigenvalue weighted by Gasteiger charge is 2.46. The third kappa shape index (κ3) is 2.58. The Morgan fingerprint density at radius 1 is 1.43 bits per heavy atom. The molecule has 1 aliphatic heterocycles. The number of carbonyl (C=O) groups excluding carboxylic acids is 2. The lowest BCUT2D eigenvalue weighted by Crippen LogP contribution is -2.33. The van der Waals surface area contributed by atoms with Crippen molar-refractivity contribution in [1.82, 2.24) is 0 Å². The van der Waals surface area contributed by atoms with Crippen molar-refractivity contribution in [3.63, 3.8) is 0 Å². The molecule has 0 aromatic rings. The number of Topliss-reactive ketones (excluding diaryl/α,β-unsaturated/α-hetero) is 2. The van der Waals surface area contributed by atoms with Crippen LogP contribution in [-0.2, 0) is 14.3 Å². The molecule has 2 atom stereocenters. The molecule has 0 fully saturated rings. The molecule has 21 heavy (non-hydrogen) atoms. The number of ketones is 2. The van der Waals surface area contributed by atoms with E-state index in [9.17, 15) is 9.59 Å². The van der Waals surface area contributed by atoms with Crippen molar-refractivity contribution < 1.29 is 14.3 Å². The van der Waals surface area contributed by atoms with Crippen LogP contribution in [0, 0.1) is 5.41 Å². The van der Waals surface area contributed by atoms with Crippen molar-refractivity contribution in [3.8, 4) is 0 Å². The van der Waals surface area contributed by atoms with Gasteiger partial charge < -0.3 is 9.53 Å². The third-order valence-electron chi connectivity index (χ3n) is 5.30. The van der Waals surface area contributed by atoms with Gasteiger partial charge in [0.1, 0.15) is 11.6 Å². The average Bonchev–Trinajstić information content (AvgIpc) is 2.75. The van der Waals surface area contributed by atoms with Crippen LogP contribution >= 0.6 is 0 Å². The van der Waals surface area contributed by atoms with Crippen LogP contribution in [0.5, 0.6) is 0 Å². The number of fused-ring (bicyclic) bond motifs is 2. The van der Waals surface area contributed by atoms with Crippen LogP contribution in [0.1, 0.15) is 65.2 Å². The van der Waals surface area contributed by atoms with Gasteiger partial charge in [0.2, 0.25) is 0 Å². The van der Waals surface area contributed by atoms with Crippen molar-refractivity contribution in [2.24, 2.45) is 5.41 Å². The summed E-state index contributed by atoms with van der Waals surface area (Å²) in [6, 6.07) is 0. The zero-order chi connectivity index (χ0) is 15.0. The Morgan fingerprint density at radius 3 is 3.00 bits per heavy atom. The molecule has 0 aromatic heterocycles. The Kier molecular flexibility index (Phi) is 3.76. The number of ether oxygens (including phenoxy) is 1. The van der Waals surface area contributed by atoms with Crippen LogP contribution in [0.4, 0.5) is 0 Å². The molecular formula is C18H24O3. The van der Waals surface area contributed by atoms with Crippen molar-refractivity contribution in [1.29, 1.82) is 0 Å². The number of carbonyl (C=O) groups is 2. The van der Waals surface area contributed by atoms with E-state index in [1.165, 1.54) is 11.1 Å². The molecule has 0 unspecified atom stereocenters. The van der Waals surface area contributed by atoms with E-state index < -0.39 is 0 Å². The number of hydrogen-bond donors (Lipinski definition) is 0. The molecule has 3 aliphatic rings. The van der Waals surface area contributed by atoms with E-state index in [4.69, 9.17) is 4.74 Å². The molecule has 1 heterocycles. The fraction of sp³-hybridized carbons (Fsp3) is 0.667.